The van der Waals surface area contributed by atoms with Crippen molar-refractivity contribution in [2.75, 3.05) is 0 Å². The van der Waals surface area contributed by atoms with Gasteiger partial charge in [-0.25, -0.2) is 9.78 Å². The van der Waals surface area contributed by atoms with Crippen molar-refractivity contribution in [2.24, 2.45) is 0 Å². The van der Waals surface area contributed by atoms with E-state index >= 15 is 0 Å². The fourth-order valence-electron chi connectivity index (χ4n) is 1.35. The molecular formula is C12H11ClN2O2. The van der Waals surface area contributed by atoms with Crippen molar-refractivity contribution in [3.05, 3.63) is 48.0 Å². The van der Waals surface area contributed by atoms with Gasteiger partial charge in [0.1, 0.15) is 11.8 Å². The number of nitrogens with zero attached hydrogens (tertiary/aromatic N) is 2. The number of rotatable bonds is 3. The van der Waals surface area contributed by atoms with E-state index in [-0.39, 0.29) is 5.97 Å². The van der Waals surface area contributed by atoms with Gasteiger partial charge < -0.3 is 9.30 Å². The van der Waals surface area contributed by atoms with E-state index in [1.54, 1.807) is 54.5 Å². The normalized spacial score (nSPS) is 12.1. The number of carbonyl (C=O) groups is 1. The number of esters is 1. The second kappa shape index (κ2) is 5.01. The van der Waals surface area contributed by atoms with Gasteiger partial charge in [-0.1, -0.05) is 17.7 Å². The van der Waals surface area contributed by atoms with Gasteiger partial charge in [0.2, 0.25) is 0 Å². The molecule has 0 N–H and O–H groups in total. The third kappa shape index (κ3) is 2.85. The standard InChI is InChI=1S/C12H11ClN2O2/c1-9(15-6-5-14-8-15)12(16)17-11-4-2-3-10(13)7-11/h2-9H,1H3. The minimum Gasteiger partial charge on any atom is -0.425 e. The second-order valence-corrected chi connectivity index (χ2v) is 4.00. The summed E-state index contributed by atoms with van der Waals surface area (Å²) in [5.74, 6) is 0.0831. The summed E-state index contributed by atoms with van der Waals surface area (Å²) in [6.45, 7) is 1.74. The van der Waals surface area contributed by atoms with Crippen molar-refractivity contribution in [1.29, 1.82) is 0 Å². The highest BCUT2D eigenvalue weighted by Crippen LogP contribution is 2.19. The fraction of sp³-hybridized carbons (Fsp3) is 0.167. The number of halogens is 1. The van der Waals surface area contributed by atoms with Crippen LogP contribution in [0, 0.1) is 0 Å². The first-order valence-corrected chi connectivity index (χ1v) is 5.49. The Bertz CT molecular complexity index is 511. The lowest BCUT2D eigenvalue weighted by molar-refractivity contribution is -0.137. The number of hydrogen-bond acceptors (Lipinski definition) is 3. The summed E-state index contributed by atoms with van der Waals surface area (Å²) in [4.78, 5) is 15.7. The fourth-order valence-corrected chi connectivity index (χ4v) is 1.53. The Kier molecular flexibility index (Phi) is 3.44. The number of carbonyl (C=O) groups excluding carboxylic acids is 1. The number of hydrogen-bond donors (Lipinski definition) is 0. The molecule has 0 aliphatic rings. The molecule has 5 heteroatoms. The van der Waals surface area contributed by atoms with Crippen LogP contribution < -0.4 is 4.74 Å². The van der Waals surface area contributed by atoms with Gasteiger partial charge in [-0.3, -0.25) is 0 Å². The van der Waals surface area contributed by atoms with E-state index in [2.05, 4.69) is 4.98 Å². The highest BCUT2D eigenvalue weighted by atomic mass is 35.5. The van der Waals surface area contributed by atoms with Gasteiger partial charge in [-0.15, -0.1) is 0 Å². The Balaban J connectivity index is 2.07. The van der Waals surface area contributed by atoms with Crippen LogP contribution in [0.4, 0.5) is 0 Å². The van der Waals surface area contributed by atoms with E-state index in [9.17, 15) is 4.79 Å². The predicted molar refractivity (Wildman–Crippen MR) is 64.0 cm³/mol. The van der Waals surface area contributed by atoms with Crippen molar-refractivity contribution in [3.8, 4) is 5.75 Å². The smallest absolute Gasteiger partial charge is 0.334 e. The first-order valence-electron chi connectivity index (χ1n) is 5.11. The van der Waals surface area contributed by atoms with Crippen LogP contribution in [0.15, 0.2) is 43.0 Å². The Hall–Kier alpha value is -1.81. The van der Waals surface area contributed by atoms with E-state index < -0.39 is 6.04 Å². The average Bonchev–Trinajstić information content (AvgIpc) is 2.81. The average molecular weight is 251 g/mol. The van der Waals surface area contributed by atoms with Crippen LogP contribution in [-0.4, -0.2) is 15.5 Å². The molecule has 17 heavy (non-hydrogen) atoms. The molecule has 1 aromatic heterocycles. The summed E-state index contributed by atoms with van der Waals surface area (Å²) in [7, 11) is 0. The summed E-state index contributed by atoms with van der Waals surface area (Å²) < 4.78 is 6.88. The zero-order valence-corrected chi connectivity index (χ0v) is 9.96. The Morgan fingerprint density at radius 1 is 1.53 bits per heavy atom. The Labute approximate surface area is 104 Å². The SMILES string of the molecule is CC(C(=O)Oc1cccc(Cl)c1)n1ccnc1. The third-order valence-electron chi connectivity index (χ3n) is 2.33. The molecule has 0 spiro atoms. The first-order chi connectivity index (χ1) is 8.16. The van der Waals surface area contributed by atoms with Crippen LogP contribution in [0.1, 0.15) is 13.0 Å². The molecule has 1 heterocycles. The second-order valence-electron chi connectivity index (χ2n) is 3.56. The van der Waals surface area contributed by atoms with Gasteiger partial charge in [0, 0.05) is 17.4 Å². The van der Waals surface area contributed by atoms with E-state index in [0.717, 1.165) is 0 Å². The van der Waals surface area contributed by atoms with Crippen LogP contribution in [0.25, 0.3) is 0 Å². The molecule has 0 bridgehead atoms. The quantitative estimate of drug-likeness (QED) is 0.621. The number of benzene rings is 1. The highest BCUT2D eigenvalue weighted by Gasteiger charge is 2.16. The van der Waals surface area contributed by atoms with Gasteiger partial charge in [0.05, 0.1) is 6.33 Å². The topological polar surface area (TPSA) is 44.1 Å². The molecule has 0 saturated heterocycles. The summed E-state index contributed by atoms with van der Waals surface area (Å²) in [6, 6.07) is 6.31. The number of aromatic nitrogens is 2. The van der Waals surface area contributed by atoms with E-state index in [1.807, 2.05) is 0 Å². The molecule has 0 aliphatic carbocycles. The van der Waals surface area contributed by atoms with Crippen LogP contribution in [0.5, 0.6) is 5.75 Å². The molecule has 0 fully saturated rings. The van der Waals surface area contributed by atoms with Crippen LogP contribution >= 0.6 is 11.6 Å². The van der Waals surface area contributed by atoms with E-state index in [0.29, 0.717) is 10.8 Å². The molecule has 0 amide bonds. The summed E-state index contributed by atoms with van der Waals surface area (Å²) >= 11 is 5.80. The van der Waals surface area contributed by atoms with E-state index in [4.69, 9.17) is 16.3 Å². The van der Waals surface area contributed by atoms with Gasteiger partial charge in [0.15, 0.2) is 0 Å². The van der Waals surface area contributed by atoms with Crippen molar-refractivity contribution in [2.45, 2.75) is 13.0 Å². The molecule has 2 aromatic rings. The van der Waals surface area contributed by atoms with Gasteiger partial charge in [-0.2, -0.15) is 0 Å². The first kappa shape index (κ1) is 11.7. The lowest BCUT2D eigenvalue weighted by Gasteiger charge is -2.12. The minimum absolute atomic E-state index is 0.356. The number of ether oxygens (including phenoxy) is 1. The van der Waals surface area contributed by atoms with Gasteiger partial charge >= 0.3 is 5.97 Å². The third-order valence-corrected chi connectivity index (χ3v) is 2.56. The van der Waals surface area contributed by atoms with Gasteiger partial charge in [0.25, 0.3) is 0 Å². The molecule has 1 atom stereocenters. The maximum Gasteiger partial charge on any atom is 0.334 e. The zero-order chi connectivity index (χ0) is 12.3. The van der Waals surface area contributed by atoms with Crippen molar-refractivity contribution < 1.29 is 9.53 Å². The summed E-state index contributed by atoms with van der Waals surface area (Å²) in [6.07, 6.45) is 4.90. The van der Waals surface area contributed by atoms with Crippen molar-refractivity contribution in [1.82, 2.24) is 9.55 Å². The maximum absolute atomic E-state index is 11.8. The molecule has 0 saturated carbocycles. The number of imidazole rings is 1. The van der Waals surface area contributed by atoms with Crippen LogP contribution in [-0.2, 0) is 4.79 Å². The minimum atomic E-state index is -0.420. The molecule has 0 aliphatic heterocycles. The lowest BCUT2D eigenvalue weighted by Crippen LogP contribution is -2.20. The van der Waals surface area contributed by atoms with E-state index in [1.165, 1.54) is 0 Å². The maximum atomic E-state index is 11.8. The summed E-state index contributed by atoms with van der Waals surface area (Å²) in [5, 5.41) is 0.533. The van der Waals surface area contributed by atoms with Crippen LogP contribution in [0.2, 0.25) is 5.02 Å². The summed E-state index contributed by atoms with van der Waals surface area (Å²) in [5.41, 5.74) is 0. The molecule has 1 aromatic carbocycles. The Morgan fingerprint density at radius 3 is 3.00 bits per heavy atom. The molecule has 4 nitrogen and oxygen atoms in total. The zero-order valence-electron chi connectivity index (χ0n) is 9.21. The molecule has 2 rings (SSSR count). The van der Waals surface area contributed by atoms with Crippen molar-refractivity contribution >= 4 is 17.6 Å². The van der Waals surface area contributed by atoms with Crippen molar-refractivity contribution in [3.63, 3.8) is 0 Å². The lowest BCUT2D eigenvalue weighted by atomic mass is 10.3. The Morgan fingerprint density at radius 2 is 2.35 bits per heavy atom. The molecule has 1 unspecified atom stereocenters. The molecular weight excluding hydrogens is 240 g/mol. The van der Waals surface area contributed by atoms with Gasteiger partial charge in [-0.05, 0) is 25.1 Å². The highest BCUT2D eigenvalue weighted by molar-refractivity contribution is 6.30. The molecule has 0 radical (unpaired) electrons. The predicted octanol–water partition coefficient (Wildman–Crippen LogP) is 2.70. The molecule has 88 valence electrons. The largest absolute Gasteiger partial charge is 0.425 e. The van der Waals surface area contributed by atoms with Crippen LogP contribution in [0.3, 0.4) is 0 Å². The monoisotopic (exact) mass is 250 g/mol.